The van der Waals surface area contributed by atoms with Gasteiger partial charge in [-0.25, -0.2) is 0 Å². The van der Waals surface area contributed by atoms with Gasteiger partial charge in [0.2, 0.25) is 0 Å². The molecule has 2 aliphatic carbocycles. The van der Waals surface area contributed by atoms with E-state index in [0.717, 1.165) is 38.5 Å². The summed E-state index contributed by atoms with van der Waals surface area (Å²) in [5.74, 6) is 0. The molecule has 0 saturated carbocycles. The minimum atomic E-state index is 0.0766. The number of thioether (sulfide) groups is 1. The van der Waals surface area contributed by atoms with Gasteiger partial charge in [0.25, 0.3) is 0 Å². The molecule has 0 saturated heterocycles. The second-order valence-corrected chi connectivity index (χ2v) is 16.1. The van der Waals surface area contributed by atoms with Gasteiger partial charge in [-0.2, -0.15) is 0 Å². The minimum absolute atomic E-state index is 0.0766. The van der Waals surface area contributed by atoms with E-state index < -0.39 is 0 Å². The molecular formula is C48H46S. The van der Waals surface area contributed by atoms with Crippen LogP contribution < -0.4 is 0 Å². The van der Waals surface area contributed by atoms with Crippen LogP contribution in [0.25, 0.3) is 67.1 Å². The predicted molar refractivity (Wildman–Crippen MR) is 217 cm³/mol. The highest BCUT2D eigenvalue weighted by molar-refractivity contribution is 8.00. The normalized spacial score (nSPS) is 14.1. The van der Waals surface area contributed by atoms with Crippen LogP contribution in [-0.2, 0) is 17.6 Å². The summed E-state index contributed by atoms with van der Waals surface area (Å²) in [4.78, 5) is 0. The van der Waals surface area contributed by atoms with Gasteiger partial charge in [0.1, 0.15) is 0 Å². The zero-order valence-electron chi connectivity index (χ0n) is 29.4. The molecule has 0 fully saturated rings. The molecule has 0 bridgehead atoms. The van der Waals surface area contributed by atoms with E-state index in [0.29, 0.717) is 5.25 Å². The quantitative estimate of drug-likeness (QED) is 0.147. The Kier molecular flexibility index (Phi) is 8.58. The van der Waals surface area contributed by atoms with Gasteiger partial charge in [-0.3, -0.25) is 0 Å². The summed E-state index contributed by atoms with van der Waals surface area (Å²) in [5, 5.41) is 5.89. The fraction of sp³-hybridized carbons (Fsp3) is 0.250. The summed E-state index contributed by atoms with van der Waals surface area (Å²) < 4.78 is 0.0766. The Morgan fingerprint density at radius 1 is 0.592 bits per heavy atom. The molecule has 1 heteroatoms. The number of rotatable bonds is 8. The van der Waals surface area contributed by atoms with Gasteiger partial charge >= 0.3 is 0 Å². The fourth-order valence-electron chi connectivity index (χ4n) is 8.53. The van der Waals surface area contributed by atoms with E-state index >= 15 is 0 Å². The largest absolute Gasteiger partial charge is 0.148 e. The average Bonchev–Trinajstić information content (AvgIpc) is 3.15. The summed E-state index contributed by atoms with van der Waals surface area (Å²) in [5.41, 5.74) is 15.0. The SMILES string of the molecule is CCC(CC)(SC(C)C)c1ccc2c(-c3ccc(-c4ccc5c(c4)C=CCC5)cc3)c3ccccc3c(-c3cccc4c3C=CCC4)c2c1. The molecule has 0 aromatic heterocycles. The lowest BCUT2D eigenvalue weighted by Crippen LogP contribution is -2.22. The summed E-state index contributed by atoms with van der Waals surface area (Å²) in [7, 11) is 0. The highest BCUT2D eigenvalue weighted by Gasteiger charge is 2.31. The van der Waals surface area contributed by atoms with E-state index in [1.54, 1.807) is 0 Å². The molecule has 0 N–H and O–H groups in total. The molecular weight excluding hydrogens is 609 g/mol. The topological polar surface area (TPSA) is 0 Å². The Morgan fingerprint density at radius 3 is 2.02 bits per heavy atom. The Bertz CT molecular complexity index is 2240. The monoisotopic (exact) mass is 654 g/mol. The van der Waals surface area contributed by atoms with Crippen molar-refractivity contribution >= 4 is 45.5 Å². The lowest BCUT2D eigenvalue weighted by molar-refractivity contribution is 0.577. The first-order chi connectivity index (χ1) is 24.0. The van der Waals surface area contributed by atoms with Crippen molar-refractivity contribution in [3.63, 3.8) is 0 Å². The first-order valence-corrected chi connectivity index (χ1v) is 19.2. The third-order valence-electron chi connectivity index (χ3n) is 11.0. The Hall–Kier alpha value is -4.33. The van der Waals surface area contributed by atoms with Crippen molar-refractivity contribution in [3.05, 3.63) is 143 Å². The molecule has 0 spiro atoms. The van der Waals surface area contributed by atoms with E-state index in [4.69, 9.17) is 0 Å². The van der Waals surface area contributed by atoms with Crippen LogP contribution in [0.3, 0.4) is 0 Å². The van der Waals surface area contributed by atoms with Crippen molar-refractivity contribution in [3.8, 4) is 33.4 Å². The number of fused-ring (bicyclic) bond motifs is 4. The fourth-order valence-corrected chi connectivity index (χ4v) is 10.0. The molecule has 244 valence electrons. The molecule has 0 heterocycles. The van der Waals surface area contributed by atoms with Crippen LogP contribution in [0.2, 0.25) is 0 Å². The molecule has 0 unspecified atom stereocenters. The maximum absolute atomic E-state index is 2.57. The second-order valence-electron chi connectivity index (χ2n) is 14.2. The molecule has 0 atom stereocenters. The third kappa shape index (κ3) is 5.67. The van der Waals surface area contributed by atoms with E-state index in [-0.39, 0.29) is 4.75 Å². The van der Waals surface area contributed by atoms with Gasteiger partial charge in [-0.1, -0.05) is 143 Å². The molecule has 0 radical (unpaired) electrons. The zero-order valence-corrected chi connectivity index (χ0v) is 30.2. The van der Waals surface area contributed by atoms with Crippen molar-refractivity contribution in [1.82, 2.24) is 0 Å². The predicted octanol–water partition coefficient (Wildman–Crippen LogP) is 14.1. The molecule has 2 aliphatic rings. The summed E-state index contributed by atoms with van der Waals surface area (Å²) >= 11 is 2.13. The number of benzene rings is 6. The number of hydrogen-bond donors (Lipinski definition) is 0. The number of aryl methyl sites for hydroxylation is 2. The van der Waals surface area contributed by atoms with Crippen LogP contribution in [0, 0.1) is 0 Å². The van der Waals surface area contributed by atoms with Gasteiger partial charge in [0.15, 0.2) is 0 Å². The third-order valence-corrected chi connectivity index (χ3v) is 12.8. The Morgan fingerprint density at radius 2 is 1.27 bits per heavy atom. The maximum atomic E-state index is 2.57. The summed E-state index contributed by atoms with van der Waals surface area (Å²) in [6, 6.07) is 39.9. The highest BCUT2D eigenvalue weighted by atomic mass is 32.2. The average molecular weight is 655 g/mol. The zero-order chi connectivity index (χ0) is 33.5. The molecule has 0 amide bonds. The molecule has 6 aromatic rings. The minimum Gasteiger partial charge on any atom is -0.148 e. The van der Waals surface area contributed by atoms with E-state index in [9.17, 15) is 0 Å². The molecule has 8 rings (SSSR count). The Labute approximate surface area is 297 Å². The highest BCUT2D eigenvalue weighted by Crippen LogP contribution is 2.50. The van der Waals surface area contributed by atoms with Gasteiger partial charge in [0, 0.05) is 4.75 Å². The van der Waals surface area contributed by atoms with E-state index in [1.165, 1.54) is 82.7 Å². The van der Waals surface area contributed by atoms with E-state index in [1.807, 2.05) is 0 Å². The van der Waals surface area contributed by atoms with Gasteiger partial charge < -0.3 is 0 Å². The van der Waals surface area contributed by atoms with E-state index in [2.05, 4.69) is 167 Å². The Balaban J connectivity index is 1.38. The lowest BCUT2D eigenvalue weighted by Gasteiger charge is -2.34. The van der Waals surface area contributed by atoms with Crippen LogP contribution in [0.5, 0.6) is 0 Å². The lowest BCUT2D eigenvalue weighted by atomic mass is 9.81. The maximum Gasteiger partial charge on any atom is 0.0405 e. The van der Waals surface area contributed by atoms with Crippen LogP contribution in [0.1, 0.15) is 81.2 Å². The van der Waals surface area contributed by atoms with Crippen molar-refractivity contribution in [2.24, 2.45) is 0 Å². The first kappa shape index (κ1) is 31.9. The summed E-state index contributed by atoms with van der Waals surface area (Å²) in [6.07, 6.45) is 16.0. The van der Waals surface area contributed by atoms with Crippen molar-refractivity contribution in [2.75, 3.05) is 0 Å². The molecule has 6 aromatic carbocycles. The van der Waals surface area contributed by atoms with Crippen LogP contribution in [0.15, 0.2) is 115 Å². The molecule has 49 heavy (non-hydrogen) atoms. The van der Waals surface area contributed by atoms with Crippen molar-refractivity contribution < 1.29 is 0 Å². The number of allylic oxidation sites excluding steroid dienone is 2. The molecule has 0 aliphatic heterocycles. The second kappa shape index (κ2) is 13.2. The summed E-state index contributed by atoms with van der Waals surface area (Å²) in [6.45, 7) is 9.43. The van der Waals surface area contributed by atoms with Crippen molar-refractivity contribution in [1.29, 1.82) is 0 Å². The van der Waals surface area contributed by atoms with Crippen LogP contribution in [-0.4, -0.2) is 5.25 Å². The standard InChI is InChI=1S/C48H46S/c1-5-48(6-2,49-32(3)4)39-28-29-44-45(31-39)47(41-21-13-17-35-15-9-10-18-40(35)41)43-20-12-11-19-42(43)46(44)36-25-22-34(23-26-36)38-27-24-33-14-7-8-16-37(33)30-38/h8,10-13,16-32H,5-7,9,14-15H2,1-4H3. The van der Waals surface area contributed by atoms with Crippen molar-refractivity contribution in [2.45, 2.75) is 76.2 Å². The molecule has 0 nitrogen and oxygen atoms in total. The van der Waals surface area contributed by atoms with Crippen LogP contribution >= 0.6 is 11.8 Å². The van der Waals surface area contributed by atoms with Crippen LogP contribution in [0.4, 0.5) is 0 Å². The van der Waals surface area contributed by atoms with Gasteiger partial charge in [-0.15, -0.1) is 11.8 Å². The number of hydrogen-bond acceptors (Lipinski definition) is 1. The smallest absolute Gasteiger partial charge is 0.0405 e. The van der Waals surface area contributed by atoms with Gasteiger partial charge in [0.05, 0.1) is 0 Å². The first-order valence-electron chi connectivity index (χ1n) is 18.4. The van der Waals surface area contributed by atoms with Gasteiger partial charge in [-0.05, 0) is 139 Å².